The molecule has 4 fully saturated rings. The summed E-state index contributed by atoms with van der Waals surface area (Å²) >= 11 is 0. The Morgan fingerprint density at radius 2 is 1.70 bits per heavy atom. The van der Waals surface area contributed by atoms with E-state index < -0.39 is 57.0 Å². The highest BCUT2D eigenvalue weighted by Crippen LogP contribution is 2.43. The number of halogens is 3. The Labute approximate surface area is 367 Å². The molecular formula is C46H45F3N8O6S. The minimum atomic E-state index is -4.36. The number of hydrogen-bond acceptors (Lipinski definition) is 9. The van der Waals surface area contributed by atoms with Crippen molar-refractivity contribution in [3.8, 4) is 11.1 Å². The highest BCUT2D eigenvalue weighted by Gasteiger charge is 2.43. The predicted molar refractivity (Wildman–Crippen MR) is 231 cm³/mol. The smallest absolute Gasteiger partial charge is 0.301 e. The number of likely N-dealkylation sites (tertiary alicyclic amines) is 1. The van der Waals surface area contributed by atoms with Crippen molar-refractivity contribution < 1.29 is 40.8 Å². The van der Waals surface area contributed by atoms with E-state index in [1.165, 1.54) is 6.20 Å². The maximum Gasteiger partial charge on any atom is 0.301 e. The molecule has 332 valence electrons. The Morgan fingerprint density at radius 1 is 0.922 bits per heavy atom. The Bertz CT molecular complexity index is 2850. The molecule has 3 amide bonds. The Morgan fingerprint density at radius 3 is 2.45 bits per heavy atom. The topological polar surface area (TPSA) is 168 Å². The van der Waals surface area contributed by atoms with Crippen molar-refractivity contribution in [3.63, 3.8) is 0 Å². The van der Waals surface area contributed by atoms with Crippen molar-refractivity contribution >= 4 is 56.1 Å². The zero-order valence-electron chi connectivity index (χ0n) is 34.7. The monoisotopic (exact) mass is 894 g/mol. The van der Waals surface area contributed by atoms with E-state index in [4.69, 9.17) is 0 Å². The number of fused-ring (bicyclic) bond motifs is 2. The van der Waals surface area contributed by atoms with Crippen molar-refractivity contribution in [3.05, 3.63) is 113 Å². The van der Waals surface area contributed by atoms with Crippen LogP contribution < -0.4 is 14.9 Å². The first-order valence-electron chi connectivity index (χ1n) is 21.5. The number of piperidine rings is 2. The van der Waals surface area contributed by atoms with Crippen LogP contribution in [0.25, 0.3) is 22.2 Å². The van der Waals surface area contributed by atoms with E-state index in [0.717, 1.165) is 90.8 Å². The van der Waals surface area contributed by atoms with Crippen LogP contribution in [-0.4, -0.2) is 107 Å². The summed E-state index contributed by atoms with van der Waals surface area (Å²) in [6.07, 6.45) is 5.37. The third-order valence-corrected chi connectivity index (χ3v) is 15.2. The van der Waals surface area contributed by atoms with Gasteiger partial charge in [-0.3, -0.25) is 34.1 Å². The van der Waals surface area contributed by atoms with E-state index in [9.17, 15) is 32.0 Å². The normalized spacial score (nSPS) is 21.6. The molecule has 5 aliphatic rings. The molecule has 0 radical (unpaired) electrons. The fraction of sp³-hybridized carbons (Fsp3) is 0.370. The van der Waals surface area contributed by atoms with Gasteiger partial charge in [-0.15, -0.1) is 0 Å². The first-order chi connectivity index (χ1) is 30.7. The van der Waals surface area contributed by atoms with Gasteiger partial charge in [0, 0.05) is 85.8 Å². The van der Waals surface area contributed by atoms with Crippen molar-refractivity contribution in [2.75, 3.05) is 48.9 Å². The summed E-state index contributed by atoms with van der Waals surface area (Å²) in [5.74, 6) is -4.44. The summed E-state index contributed by atoms with van der Waals surface area (Å²) in [6, 6.07) is 16.8. The van der Waals surface area contributed by atoms with Crippen molar-refractivity contribution in [1.29, 1.82) is 0 Å². The number of aromatic nitrogens is 2. The number of alkyl halides is 1. The molecule has 5 aromatic rings. The number of carbonyl (C=O) groups is 4. The minimum Gasteiger partial charge on any atom is -0.371 e. The third-order valence-electron chi connectivity index (χ3n) is 13.7. The molecule has 1 spiro atoms. The largest absolute Gasteiger partial charge is 0.371 e. The molecule has 0 aliphatic carbocycles. The van der Waals surface area contributed by atoms with Gasteiger partial charge in [-0.1, -0.05) is 24.3 Å². The number of H-pyrrole nitrogens is 1. The average Bonchev–Trinajstić information content (AvgIpc) is 4.09. The molecule has 3 N–H and O–H groups in total. The molecule has 4 saturated heterocycles. The Hall–Kier alpha value is -6.11. The lowest BCUT2D eigenvalue weighted by Gasteiger charge is -2.39. The van der Waals surface area contributed by atoms with Gasteiger partial charge in [0.1, 0.15) is 23.7 Å². The molecule has 5 aliphatic heterocycles. The predicted octanol–water partition coefficient (Wildman–Crippen LogP) is 5.69. The quantitative estimate of drug-likeness (QED) is 0.118. The molecule has 2 aromatic heterocycles. The van der Waals surface area contributed by atoms with E-state index in [-0.39, 0.29) is 48.7 Å². The van der Waals surface area contributed by atoms with Crippen LogP contribution in [0.3, 0.4) is 0 Å². The van der Waals surface area contributed by atoms with Crippen LogP contribution in [0.4, 0.5) is 24.5 Å². The van der Waals surface area contributed by atoms with Crippen LogP contribution in [0.15, 0.2) is 73.1 Å². The van der Waals surface area contributed by atoms with Gasteiger partial charge in [0.2, 0.25) is 17.6 Å². The second kappa shape index (κ2) is 16.2. The van der Waals surface area contributed by atoms with Gasteiger partial charge in [-0.25, -0.2) is 18.2 Å². The number of aromatic amines is 1. The first-order valence-corrected chi connectivity index (χ1v) is 22.9. The standard InChI is InChI=1S/C46H45F3N8O6S/c47-31-11-15-56(25-31)64(62,63)53-37-8-7-36(48)40(41(37)49)42(59)35-22-51-43-34(35)20-29(21-50-43)28-3-1-27(2-4-28)23-54-16-12-46(13-17-54)14-18-55(26-46)32-5-6-33-30(19-32)24-57(45(33)61)38-9-10-39(58)52-44(38)60/h1-8,19-22,31,38,53H,9-18,23-26H2,(H,50,51)(H,52,58,60)/t31-,38?/m1/s1. The van der Waals surface area contributed by atoms with Crippen LogP contribution >= 0.6 is 0 Å². The lowest BCUT2D eigenvalue weighted by atomic mass is 9.77. The van der Waals surface area contributed by atoms with Crippen molar-refractivity contribution in [2.45, 2.75) is 63.8 Å². The highest BCUT2D eigenvalue weighted by atomic mass is 32.2. The average molecular weight is 895 g/mol. The number of nitrogens with one attached hydrogen (secondary N) is 3. The molecule has 64 heavy (non-hydrogen) atoms. The number of benzene rings is 3. The SMILES string of the molecule is O=C1CCC(N2Cc3cc(N4CCC5(CCN(Cc6ccc(-c7cnc8[nH]cc(C(=O)c9c(F)ccc(NS(=O)(=O)N%10CC[C@@H](F)C%10)c9F)c8c7)cc6)CC5)C4)ccc3C2=O)C(=O)N1. The molecule has 7 heterocycles. The second-order valence-corrected chi connectivity index (χ2v) is 19.3. The molecule has 3 aromatic carbocycles. The van der Waals surface area contributed by atoms with Crippen LogP contribution in [-0.2, 0) is 32.9 Å². The van der Waals surface area contributed by atoms with Gasteiger partial charge >= 0.3 is 10.2 Å². The number of rotatable bonds is 10. The van der Waals surface area contributed by atoms with Gasteiger partial charge in [0.15, 0.2) is 5.82 Å². The lowest BCUT2D eigenvalue weighted by Crippen LogP contribution is -2.52. The molecule has 10 rings (SSSR count). The summed E-state index contributed by atoms with van der Waals surface area (Å²) in [5, 5.41) is 2.69. The van der Waals surface area contributed by atoms with E-state index in [1.54, 1.807) is 17.2 Å². The fourth-order valence-electron chi connectivity index (χ4n) is 10.0. The van der Waals surface area contributed by atoms with E-state index in [1.807, 2.05) is 29.0 Å². The number of nitrogens with zero attached hydrogens (tertiary/aromatic N) is 5. The Kier molecular flexibility index (Phi) is 10.6. The van der Waals surface area contributed by atoms with Crippen LogP contribution in [0, 0.1) is 17.0 Å². The molecule has 18 heteroatoms. The maximum atomic E-state index is 15.8. The van der Waals surface area contributed by atoms with Gasteiger partial charge in [0.25, 0.3) is 5.91 Å². The summed E-state index contributed by atoms with van der Waals surface area (Å²) in [5.41, 5.74) is 4.15. The number of hydrogen-bond donors (Lipinski definition) is 3. The van der Waals surface area contributed by atoms with Crippen LogP contribution in [0.1, 0.15) is 75.9 Å². The summed E-state index contributed by atoms with van der Waals surface area (Å²) in [7, 11) is -4.36. The molecule has 0 bridgehead atoms. The van der Waals surface area contributed by atoms with Gasteiger partial charge in [-0.05, 0) is 104 Å². The number of carbonyl (C=O) groups excluding carboxylic acids is 4. The number of anilines is 2. The number of ketones is 1. The van der Waals surface area contributed by atoms with Crippen molar-refractivity contribution in [2.24, 2.45) is 5.41 Å². The second-order valence-electron chi connectivity index (χ2n) is 17.7. The zero-order chi connectivity index (χ0) is 44.5. The molecule has 0 saturated carbocycles. The molecule has 14 nitrogen and oxygen atoms in total. The summed E-state index contributed by atoms with van der Waals surface area (Å²) < 4.78 is 73.1. The van der Waals surface area contributed by atoms with E-state index >= 15 is 8.78 Å². The molecule has 1 unspecified atom stereocenters. The van der Waals surface area contributed by atoms with Crippen LogP contribution in [0.5, 0.6) is 0 Å². The zero-order valence-corrected chi connectivity index (χ0v) is 35.5. The van der Waals surface area contributed by atoms with E-state index in [0.29, 0.717) is 35.1 Å². The Balaban J connectivity index is 0.766. The molecule has 2 atom stereocenters. The molecular weight excluding hydrogens is 850 g/mol. The maximum absolute atomic E-state index is 15.8. The minimum absolute atomic E-state index is 0.00232. The number of amides is 3. The number of pyridine rings is 1. The third kappa shape index (κ3) is 7.70. The highest BCUT2D eigenvalue weighted by molar-refractivity contribution is 7.90. The van der Waals surface area contributed by atoms with Crippen LogP contribution in [0.2, 0.25) is 0 Å². The van der Waals surface area contributed by atoms with Crippen molar-refractivity contribution in [1.82, 2.24) is 29.4 Å². The lowest BCUT2D eigenvalue weighted by molar-refractivity contribution is -0.136. The first kappa shape index (κ1) is 41.9. The summed E-state index contributed by atoms with van der Waals surface area (Å²) in [4.78, 5) is 64.9. The summed E-state index contributed by atoms with van der Waals surface area (Å²) in [6.45, 7) is 4.41. The van der Waals surface area contributed by atoms with Gasteiger partial charge < -0.3 is 14.8 Å². The van der Waals surface area contributed by atoms with E-state index in [2.05, 4.69) is 43.3 Å². The van der Waals surface area contributed by atoms with Gasteiger partial charge in [-0.2, -0.15) is 12.7 Å². The number of imide groups is 1. The van der Waals surface area contributed by atoms with Gasteiger partial charge in [0.05, 0.1) is 11.3 Å². The fourth-order valence-corrected chi connectivity index (χ4v) is 11.3.